The van der Waals surface area contributed by atoms with Crippen LogP contribution in [0.3, 0.4) is 0 Å². The Morgan fingerprint density at radius 1 is 1.47 bits per heavy atom. The summed E-state index contributed by atoms with van der Waals surface area (Å²) in [7, 11) is 1.91. The van der Waals surface area contributed by atoms with Crippen LogP contribution >= 0.6 is 0 Å². The van der Waals surface area contributed by atoms with Gasteiger partial charge in [0.2, 0.25) is 0 Å². The summed E-state index contributed by atoms with van der Waals surface area (Å²) in [6.07, 6.45) is 1.67. The van der Waals surface area contributed by atoms with Gasteiger partial charge in [0, 0.05) is 24.5 Å². The maximum Gasteiger partial charge on any atom is 0.268 e. The molecule has 0 spiro atoms. The van der Waals surface area contributed by atoms with Crippen molar-refractivity contribution in [1.29, 1.82) is 0 Å². The molecule has 0 unspecified atom stereocenters. The fourth-order valence-electron chi connectivity index (χ4n) is 1.91. The first-order valence-electron chi connectivity index (χ1n) is 5.58. The van der Waals surface area contributed by atoms with Gasteiger partial charge in [0.25, 0.3) is 5.91 Å². The Balaban J connectivity index is 2.45. The average molecular weight is 228 g/mol. The molecule has 0 saturated heterocycles. The maximum absolute atomic E-state index is 11.9. The molecule has 0 aliphatic rings. The molecule has 1 aromatic heterocycles. The van der Waals surface area contributed by atoms with Gasteiger partial charge in [0.05, 0.1) is 0 Å². The highest BCUT2D eigenvalue weighted by Gasteiger charge is 2.12. The van der Waals surface area contributed by atoms with Crippen molar-refractivity contribution in [2.75, 3.05) is 6.54 Å². The number of nitrogens with zero attached hydrogens (tertiary/aromatic N) is 1. The van der Waals surface area contributed by atoms with E-state index >= 15 is 0 Å². The van der Waals surface area contributed by atoms with Gasteiger partial charge in [-0.3, -0.25) is 4.79 Å². The van der Waals surface area contributed by atoms with Crippen molar-refractivity contribution in [2.45, 2.75) is 6.92 Å². The summed E-state index contributed by atoms with van der Waals surface area (Å²) in [6.45, 7) is 6.11. The molecule has 0 atom stereocenters. The highest BCUT2D eigenvalue weighted by atomic mass is 16.1. The lowest BCUT2D eigenvalue weighted by molar-refractivity contribution is 0.0950. The molecule has 1 amide bonds. The largest absolute Gasteiger partial charge is 0.347 e. The van der Waals surface area contributed by atoms with Crippen molar-refractivity contribution in [3.05, 3.63) is 48.2 Å². The Morgan fingerprint density at radius 2 is 2.24 bits per heavy atom. The molecular formula is C14H16N2O. The number of amides is 1. The normalized spacial score (nSPS) is 10.5. The van der Waals surface area contributed by atoms with Gasteiger partial charge < -0.3 is 9.88 Å². The van der Waals surface area contributed by atoms with Crippen LogP contribution in [0.5, 0.6) is 0 Å². The van der Waals surface area contributed by atoms with Crippen LogP contribution in [0, 0.1) is 6.92 Å². The standard InChI is InChI=1S/C14H16N2O/c1-4-7-15-14(17)13-9-11-6-5-10(2)8-12(11)16(13)3/h4-6,8-9H,1,7H2,2-3H3,(H,15,17). The summed E-state index contributed by atoms with van der Waals surface area (Å²) in [5, 5.41) is 3.87. The molecule has 0 fully saturated rings. The van der Waals surface area contributed by atoms with Gasteiger partial charge in [0.1, 0.15) is 5.69 Å². The first-order valence-corrected chi connectivity index (χ1v) is 5.58. The molecule has 0 aliphatic carbocycles. The fourth-order valence-corrected chi connectivity index (χ4v) is 1.91. The highest BCUT2D eigenvalue weighted by Crippen LogP contribution is 2.19. The zero-order valence-electron chi connectivity index (χ0n) is 10.2. The molecule has 3 nitrogen and oxygen atoms in total. The predicted molar refractivity (Wildman–Crippen MR) is 70.2 cm³/mol. The van der Waals surface area contributed by atoms with Crippen LogP contribution in [0.1, 0.15) is 16.1 Å². The molecule has 0 saturated carbocycles. The quantitative estimate of drug-likeness (QED) is 0.804. The molecule has 0 bridgehead atoms. The molecule has 0 aliphatic heterocycles. The van der Waals surface area contributed by atoms with E-state index in [1.54, 1.807) is 6.08 Å². The van der Waals surface area contributed by atoms with Crippen molar-refractivity contribution in [2.24, 2.45) is 7.05 Å². The number of benzene rings is 1. The number of nitrogens with one attached hydrogen (secondary N) is 1. The van der Waals surface area contributed by atoms with E-state index < -0.39 is 0 Å². The summed E-state index contributed by atoms with van der Waals surface area (Å²) in [6, 6.07) is 8.08. The molecule has 88 valence electrons. The number of aromatic nitrogens is 1. The van der Waals surface area contributed by atoms with Gasteiger partial charge in [0.15, 0.2) is 0 Å². The molecule has 1 aromatic carbocycles. The maximum atomic E-state index is 11.9. The van der Waals surface area contributed by atoms with Crippen molar-refractivity contribution in [3.63, 3.8) is 0 Å². The van der Waals surface area contributed by atoms with Crippen LogP contribution in [0.25, 0.3) is 10.9 Å². The van der Waals surface area contributed by atoms with E-state index in [-0.39, 0.29) is 5.91 Å². The average Bonchev–Trinajstić information content (AvgIpc) is 2.64. The minimum atomic E-state index is -0.0683. The zero-order valence-corrected chi connectivity index (χ0v) is 10.2. The summed E-state index contributed by atoms with van der Waals surface area (Å²) in [4.78, 5) is 11.9. The van der Waals surface area contributed by atoms with Crippen molar-refractivity contribution >= 4 is 16.8 Å². The van der Waals surface area contributed by atoms with Crippen LogP contribution in [0.15, 0.2) is 36.9 Å². The first kappa shape index (κ1) is 11.5. The number of fused-ring (bicyclic) bond motifs is 1. The van der Waals surface area contributed by atoms with E-state index in [1.165, 1.54) is 5.56 Å². The van der Waals surface area contributed by atoms with E-state index in [0.29, 0.717) is 12.2 Å². The number of aryl methyl sites for hydroxylation is 2. The first-order chi connectivity index (χ1) is 8.13. The summed E-state index contributed by atoms with van der Waals surface area (Å²) < 4.78 is 1.92. The van der Waals surface area contributed by atoms with E-state index in [2.05, 4.69) is 18.0 Å². The lowest BCUT2D eigenvalue weighted by Gasteiger charge is -2.04. The van der Waals surface area contributed by atoms with Gasteiger partial charge in [-0.25, -0.2) is 0 Å². The topological polar surface area (TPSA) is 34.0 Å². The Bertz CT molecular complexity index is 581. The van der Waals surface area contributed by atoms with E-state index in [4.69, 9.17) is 0 Å². The number of carbonyl (C=O) groups excluding carboxylic acids is 1. The minimum Gasteiger partial charge on any atom is -0.347 e. The number of rotatable bonds is 3. The third-order valence-electron chi connectivity index (χ3n) is 2.84. The third kappa shape index (κ3) is 2.09. The van der Waals surface area contributed by atoms with Gasteiger partial charge >= 0.3 is 0 Å². The molecule has 3 heteroatoms. The Hall–Kier alpha value is -2.03. The fraction of sp³-hybridized carbons (Fsp3) is 0.214. The Morgan fingerprint density at radius 3 is 2.94 bits per heavy atom. The lowest BCUT2D eigenvalue weighted by Crippen LogP contribution is -2.25. The van der Waals surface area contributed by atoms with Crippen LogP contribution < -0.4 is 5.32 Å². The van der Waals surface area contributed by atoms with Crippen LogP contribution in [-0.4, -0.2) is 17.0 Å². The van der Waals surface area contributed by atoms with Crippen molar-refractivity contribution in [1.82, 2.24) is 9.88 Å². The second kappa shape index (κ2) is 4.45. The zero-order chi connectivity index (χ0) is 12.4. The molecule has 0 radical (unpaired) electrons. The minimum absolute atomic E-state index is 0.0683. The molecule has 17 heavy (non-hydrogen) atoms. The number of hydrogen-bond donors (Lipinski definition) is 1. The SMILES string of the molecule is C=CCNC(=O)c1cc2ccc(C)cc2n1C. The molecular weight excluding hydrogens is 212 g/mol. The van der Waals surface area contributed by atoms with Crippen LogP contribution in [0.2, 0.25) is 0 Å². The lowest BCUT2D eigenvalue weighted by atomic mass is 10.2. The van der Waals surface area contributed by atoms with Crippen LogP contribution in [0.4, 0.5) is 0 Å². The third-order valence-corrected chi connectivity index (χ3v) is 2.84. The molecule has 1 heterocycles. The summed E-state index contributed by atoms with van der Waals surface area (Å²) in [5.74, 6) is -0.0683. The van der Waals surface area contributed by atoms with E-state index in [9.17, 15) is 4.79 Å². The van der Waals surface area contributed by atoms with Gasteiger partial charge in [-0.05, 0) is 24.6 Å². The monoisotopic (exact) mass is 228 g/mol. The van der Waals surface area contributed by atoms with E-state index in [0.717, 1.165) is 10.9 Å². The van der Waals surface area contributed by atoms with Crippen LogP contribution in [-0.2, 0) is 7.05 Å². The number of carbonyl (C=O) groups is 1. The molecule has 2 rings (SSSR count). The smallest absolute Gasteiger partial charge is 0.268 e. The van der Waals surface area contributed by atoms with Crippen molar-refractivity contribution in [3.8, 4) is 0 Å². The Kier molecular flexibility index (Phi) is 3.00. The molecule has 2 aromatic rings. The second-order valence-electron chi connectivity index (χ2n) is 4.15. The van der Waals surface area contributed by atoms with Gasteiger partial charge in [-0.15, -0.1) is 6.58 Å². The summed E-state index contributed by atoms with van der Waals surface area (Å²) >= 11 is 0. The second-order valence-corrected chi connectivity index (χ2v) is 4.15. The van der Waals surface area contributed by atoms with Gasteiger partial charge in [-0.2, -0.15) is 0 Å². The highest BCUT2D eigenvalue weighted by molar-refractivity contribution is 5.98. The van der Waals surface area contributed by atoms with Crippen molar-refractivity contribution < 1.29 is 4.79 Å². The molecule has 1 N–H and O–H groups in total. The van der Waals surface area contributed by atoms with Gasteiger partial charge in [-0.1, -0.05) is 18.2 Å². The number of hydrogen-bond acceptors (Lipinski definition) is 1. The predicted octanol–water partition coefficient (Wildman–Crippen LogP) is 2.40. The summed E-state index contributed by atoms with van der Waals surface area (Å²) in [5.41, 5.74) is 2.94. The van der Waals surface area contributed by atoms with E-state index in [1.807, 2.05) is 36.7 Å². The Labute approximate surface area is 101 Å².